The predicted octanol–water partition coefficient (Wildman–Crippen LogP) is 4.57. The smallest absolute Gasteiger partial charge is 0.416 e. The molecule has 0 amide bonds. The lowest BCUT2D eigenvalue weighted by molar-refractivity contribution is -0.137. The standard InChI is InChI=1S/C15H13F3O3/c1-9(2)20-13-5-3-10(15(16,17)18)7-12(13)14-6-4-11(8-19)21-14/h3-9H,1-2H3. The third-order valence-electron chi connectivity index (χ3n) is 2.68. The Balaban J connectivity index is 2.54. The van der Waals surface area contributed by atoms with Crippen molar-refractivity contribution in [2.75, 3.05) is 0 Å². The van der Waals surface area contributed by atoms with Crippen LogP contribution in [0.2, 0.25) is 0 Å². The predicted molar refractivity (Wildman–Crippen MR) is 70.3 cm³/mol. The first kappa shape index (κ1) is 15.2. The number of rotatable bonds is 4. The second kappa shape index (κ2) is 5.63. The van der Waals surface area contributed by atoms with E-state index in [0.717, 1.165) is 12.1 Å². The molecule has 0 unspecified atom stereocenters. The first-order valence-electron chi connectivity index (χ1n) is 6.24. The highest BCUT2D eigenvalue weighted by molar-refractivity contribution is 5.74. The van der Waals surface area contributed by atoms with E-state index in [4.69, 9.17) is 9.15 Å². The lowest BCUT2D eigenvalue weighted by atomic mass is 10.1. The molecule has 21 heavy (non-hydrogen) atoms. The first-order chi connectivity index (χ1) is 9.81. The van der Waals surface area contributed by atoms with Crippen LogP contribution in [0.25, 0.3) is 11.3 Å². The maximum atomic E-state index is 12.8. The number of alkyl halides is 3. The van der Waals surface area contributed by atoms with Gasteiger partial charge in [-0.3, -0.25) is 4.79 Å². The minimum atomic E-state index is -4.47. The van der Waals surface area contributed by atoms with Crippen LogP contribution in [0.5, 0.6) is 5.75 Å². The Morgan fingerprint density at radius 1 is 1.19 bits per heavy atom. The van der Waals surface area contributed by atoms with Crippen LogP contribution in [-0.2, 0) is 6.18 Å². The summed E-state index contributed by atoms with van der Waals surface area (Å²) in [6, 6.07) is 5.98. The zero-order valence-corrected chi connectivity index (χ0v) is 11.4. The van der Waals surface area contributed by atoms with Crippen molar-refractivity contribution in [3.8, 4) is 17.1 Å². The van der Waals surface area contributed by atoms with Gasteiger partial charge in [0.05, 0.1) is 17.2 Å². The molecule has 0 spiro atoms. The summed E-state index contributed by atoms with van der Waals surface area (Å²) in [7, 11) is 0. The van der Waals surface area contributed by atoms with E-state index in [-0.39, 0.29) is 28.9 Å². The summed E-state index contributed by atoms with van der Waals surface area (Å²) in [6.07, 6.45) is -4.19. The van der Waals surface area contributed by atoms with Crippen LogP contribution in [0.15, 0.2) is 34.7 Å². The number of hydrogen-bond acceptors (Lipinski definition) is 3. The van der Waals surface area contributed by atoms with Gasteiger partial charge >= 0.3 is 6.18 Å². The molecule has 1 aromatic heterocycles. The lowest BCUT2D eigenvalue weighted by Gasteiger charge is -2.15. The highest BCUT2D eigenvalue weighted by Crippen LogP contribution is 2.38. The summed E-state index contributed by atoms with van der Waals surface area (Å²) in [5.41, 5.74) is -0.649. The van der Waals surface area contributed by atoms with Crippen molar-refractivity contribution in [3.05, 3.63) is 41.7 Å². The average molecular weight is 298 g/mol. The van der Waals surface area contributed by atoms with Crippen LogP contribution < -0.4 is 4.74 Å². The van der Waals surface area contributed by atoms with Gasteiger partial charge in [-0.05, 0) is 44.2 Å². The molecule has 0 fully saturated rings. The molecule has 0 radical (unpaired) electrons. The zero-order valence-electron chi connectivity index (χ0n) is 11.4. The number of hydrogen-bond donors (Lipinski definition) is 0. The van der Waals surface area contributed by atoms with Gasteiger partial charge in [0.2, 0.25) is 0 Å². The molecule has 0 N–H and O–H groups in total. The topological polar surface area (TPSA) is 39.4 Å². The van der Waals surface area contributed by atoms with E-state index in [1.54, 1.807) is 13.8 Å². The molecule has 112 valence electrons. The molecule has 1 aromatic carbocycles. The Morgan fingerprint density at radius 2 is 1.90 bits per heavy atom. The fourth-order valence-electron chi connectivity index (χ4n) is 1.82. The molecular formula is C15H13F3O3. The summed E-state index contributed by atoms with van der Waals surface area (Å²) >= 11 is 0. The number of halogens is 3. The maximum absolute atomic E-state index is 12.8. The van der Waals surface area contributed by atoms with Crippen molar-refractivity contribution >= 4 is 6.29 Å². The van der Waals surface area contributed by atoms with Gasteiger partial charge in [-0.25, -0.2) is 0 Å². The van der Waals surface area contributed by atoms with Crippen LogP contribution in [0.1, 0.15) is 30.0 Å². The third-order valence-corrected chi connectivity index (χ3v) is 2.68. The van der Waals surface area contributed by atoms with Crippen LogP contribution in [-0.4, -0.2) is 12.4 Å². The van der Waals surface area contributed by atoms with Crippen molar-refractivity contribution < 1.29 is 27.1 Å². The Morgan fingerprint density at radius 3 is 2.43 bits per heavy atom. The number of furan rings is 1. The van der Waals surface area contributed by atoms with Gasteiger partial charge < -0.3 is 9.15 Å². The van der Waals surface area contributed by atoms with Gasteiger partial charge in [0, 0.05) is 0 Å². The van der Waals surface area contributed by atoms with Crippen LogP contribution in [0, 0.1) is 0 Å². The molecule has 0 aliphatic rings. The summed E-state index contributed by atoms with van der Waals surface area (Å²) in [6.45, 7) is 3.53. The molecule has 0 saturated heterocycles. The van der Waals surface area contributed by atoms with E-state index in [0.29, 0.717) is 6.29 Å². The van der Waals surface area contributed by atoms with Gasteiger partial charge in [-0.1, -0.05) is 0 Å². The van der Waals surface area contributed by atoms with Gasteiger partial charge in [-0.15, -0.1) is 0 Å². The highest BCUT2D eigenvalue weighted by atomic mass is 19.4. The average Bonchev–Trinajstić information content (AvgIpc) is 2.85. The lowest BCUT2D eigenvalue weighted by Crippen LogP contribution is -2.09. The number of aldehydes is 1. The van der Waals surface area contributed by atoms with Crippen LogP contribution in [0.3, 0.4) is 0 Å². The number of carbonyl (C=O) groups is 1. The molecule has 0 saturated carbocycles. The van der Waals surface area contributed by atoms with Crippen LogP contribution in [0.4, 0.5) is 13.2 Å². The van der Waals surface area contributed by atoms with E-state index in [1.807, 2.05) is 0 Å². The molecular weight excluding hydrogens is 285 g/mol. The van der Waals surface area contributed by atoms with Crippen molar-refractivity contribution in [1.82, 2.24) is 0 Å². The first-order valence-corrected chi connectivity index (χ1v) is 6.24. The monoisotopic (exact) mass is 298 g/mol. The number of ether oxygens (including phenoxy) is 1. The number of carbonyl (C=O) groups excluding carboxylic acids is 1. The zero-order chi connectivity index (χ0) is 15.6. The highest BCUT2D eigenvalue weighted by Gasteiger charge is 2.31. The maximum Gasteiger partial charge on any atom is 0.416 e. The molecule has 0 aliphatic heterocycles. The summed E-state index contributed by atoms with van der Waals surface area (Å²) in [5, 5.41) is 0. The van der Waals surface area contributed by atoms with E-state index < -0.39 is 11.7 Å². The van der Waals surface area contributed by atoms with Gasteiger partial charge in [0.25, 0.3) is 0 Å². The van der Waals surface area contributed by atoms with Gasteiger partial charge in [0.1, 0.15) is 11.5 Å². The fraction of sp³-hybridized carbons (Fsp3) is 0.267. The van der Waals surface area contributed by atoms with Crippen LogP contribution >= 0.6 is 0 Å². The van der Waals surface area contributed by atoms with Gasteiger partial charge in [-0.2, -0.15) is 13.2 Å². The molecule has 2 rings (SSSR count). The van der Waals surface area contributed by atoms with E-state index in [1.165, 1.54) is 18.2 Å². The molecule has 0 aliphatic carbocycles. The minimum absolute atomic E-state index is 0.0397. The largest absolute Gasteiger partial charge is 0.490 e. The van der Waals surface area contributed by atoms with E-state index in [2.05, 4.69) is 0 Å². The second-order valence-corrected chi connectivity index (χ2v) is 4.70. The van der Waals surface area contributed by atoms with Gasteiger partial charge in [0.15, 0.2) is 12.0 Å². The summed E-state index contributed by atoms with van der Waals surface area (Å²) in [4.78, 5) is 10.6. The summed E-state index contributed by atoms with van der Waals surface area (Å²) < 4.78 is 49.2. The Labute approximate surface area is 119 Å². The Hall–Kier alpha value is -2.24. The molecule has 3 nitrogen and oxygen atoms in total. The quantitative estimate of drug-likeness (QED) is 0.776. The molecule has 6 heteroatoms. The van der Waals surface area contributed by atoms with Crippen molar-refractivity contribution in [2.45, 2.75) is 26.1 Å². The molecule has 0 atom stereocenters. The normalized spacial score (nSPS) is 11.7. The molecule has 1 heterocycles. The molecule has 2 aromatic rings. The van der Waals surface area contributed by atoms with Crippen molar-refractivity contribution in [3.63, 3.8) is 0 Å². The third kappa shape index (κ3) is 3.45. The molecule has 0 bridgehead atoms. The fourth-order valence-corrected chi connectivity index (χ4v) is 1.82. The van der Waals surface area contributed by atoms with Crippen molar-refractivity contribution in [1.29, 1.82) is 0 Å². The van der Waals surface area contributed by atoms with E-state index >= 15 is 0 Å². The second-order valence-electron chi connectivity index (χ2n) is 4.70. The Kier molecular flexibility index (Phi) is 4.06. The SMILES string of the molecule is CC(C)Oc1ccc(C(F)(F)F)cc1-c1ccc(C=O)o1. The van der Waals surface area contributed by atoms with Crippen molar-refractivity contribution in [2.24, 2.45) is 0 Å². The Bertz CT molecular complexity index is 642. The van der Waals surface area contributed by atoms with E-state index in [9.17, 15) is 18.0 Å². The minimum Gasteiger partial charge on any atom is -0.490 e. The number of benzene rings is 1. The summed E-state index contributed by atoms with van der Waals surface area (Å²) in [5.74, 6) is 0.460.